The number of hydrogen-bond donors (Lipinski definition) is 1. The summed E-state index contributed by atoms with van der Waals surface area (Å²) in [5.41, 5.74) is 1.22. The second kappa shape index (κ2) is 9.04. The summed E-state index contributed by atoms with van der Waals surface area (Å²) < 4.78 is 4.96. The first-order chi connectivity index (χ1) is 12.0. The summed E-state index contributed by atoms with van der Waals surface area (Å²) >= 11 is 0. The molecule has 25 heavy (non-hydrogen) atoms. The molecular weight excluding hydrogens is 320 g/mol. The summed E-state index contributed by atoms with van der Waals surface area (Å²) in [4.78, 5) is 27.7. The molecule has 0 atom stereocenters. The lowest BCUT2D eigenvalue weighted by molar-refractivity contribution is -0.144. The molecule has 1 aromatic carbocycles. The first-order valence-corrected chi connectivity index (χ1v) is 8.45. The SMILES string of the molecule is CCOC(=O)CN1CCC(N(C)C(=O)Nc2ccc(C#N)cc2)CC1. The summed E-state index contributed by atoms with van der Waals surface area (Å²) in [5, 5.41) is 11.6. The molecule has 1 heterocycles. The van der Waals surface area contributed by atoms with Gasteiger partial charge in [-0.3, -0.25) is 9.69 Å². The van der Waals surface area contributed by atoms with E-state index in [1.165, 1.54) is 0 Å². The van der Waals surface area contributed by atoms with E-state index in [4.69, 9.17) is 10.00 Å². The second-order valence-electron chi connectivity index (χ2n) is 6.04. The number of nitrogens with one attached hydrogen (secondary N) is 1. The second-order valence-corrected chi connectivity index (χ2v) is 6.04. The Morgan fingerprint density at radius 1 is 1.32 bits per heavy atom. The van der Waals surface area contributed by atoms with Crippen LogP contribution < -0.4 is 5.32 Å². The molecule has 0 aliphatic carbocycles. The minimum atomic E-state index is -0.201. The van der Waals surface area contributed by atoms with Crippen LogP contribution in [-0.2, 0) is 9.53 Å². The Hall–Kier alpha value is -2.59. The Morgan fingerprint density at radius 3 is 2.52 bits per heavy atom. The number of likely N-dealkylation sites (tertiary alicyclic amines) is 1. The first-order valence-electron chi connectivity index (χ1n) is 8.45. The van der Waals surface area contributed by atoms with Gasteiger partial charge in [0, 0.05) is 31.9 Å². The molecule has 1 aromatic rings. The molecule has 7 nitrogen and oxygen atoms in total. The molecule has 0 aromatic heterocycles. The Kier molecular flexibility index (Phi) is 6.78. The van der Waals surface area contributed by atoms with Crippen LogP contribution in [0.4, 0.5) is 10.5 Å². The number of nitrogens with zero attached hydrogens (tertiary/aromatic N) is 3. The molecule has 7 heteroatoms. The number of hydrogen-bond acceptors (Lipinski definition) is 5. The lowest BCUT2D eigenvalue weighted by Gasteiger charge is -2.36. The third kappa shape index (κ3) is 5.47. The Labute approximate surface area is 148 Å². The van der Waals surface area contributed by atoms with E-state index in [9.17, 15) is 9.59 Å². The molecule has 1 fully saturated rings. The van der Waals surface area contributed by atoms with Gasteiger partial charge in [0.1, 0.15) is 0 Å². The monoisotopic (exact) mass is 344 g/mol. The predicted molar refractivity (Wildman–Crippen MR) is 94.0 cm³/mol. The maximum Gasteiger partial charge on any atom is 0.321 e. The van der Waals surface area contributed by atoms with Crippen molar-refractivity contribution in [3.05, 3.63) is 29.8 Å². The van der Waals surface area contributed by atoms with E-state index in [0.717, 1.165) is 25.9 Å². The number of rotatable bonds is 5. The highest BCUT2D eigenvalue weighted by Crippen LogP contribution is 2.17. The molecule has 1 aliphatic rings. The molecule has 0 unspecified atom stereocenters. The molecule has 134 valence electrons. The van der Waals surface area contributed by atoms with Crippen molar-refractivity contribution in [1.82, 2.24) is 9.80 Å². The van der Waals surface area contributed by atoms with Crippen LogP contribution in [-0.4, -0.2) is 61.1 Å². The van der Waals surface area contributed by atoms with Gasteiger partial charge in [-0.2, -0.15) is 5.26 Å². The number of anilines is 1. The minimum absolute atomic E-state index is 0.136. The average Bonchev–Trinajstić information content (AvgIpc) is 2.62. The van der Waals surface area contributed by atoms with Gasteiger partial charge >= 0.3 is 12.0 Å². The van der Waals surface area contributed by atoms with Gasteiger partial charge < -0.3 is 15.0 Å². The average molecular weight is 344 g/mol. The van der Waals surface area contributed by atoms with E-state index in [1.54, 1.807) is 43.1 Å². The summed E-state index contributed by atoms with van der Waals surface area (Å²) in [5.74, 6) is -0.201. The highest BCUT2D eigenvalue weighted by atomic mass is 16.5. The summed E-state index contributed by atoms with van der Waals surface area (Å²) in [7, 11) is 1.78. The predicted octanol–water partition coefficient (Wildman–Crippen LogP) is 2.05. The number of amides is 2. The molecule has 0 bridgehead atoms. The summed E-state index contributed by atoms with van der Waals surface area (Å²) in [6.07, 6.45) is 1.63. The number of piperidine rings is 1. The lowest BCUT2D eigenvalue weighted by atomic mass is 10.0. The largest absolute Gasteiger partial charge is 0.465 e. The Morgan fingerprint density at radius 2 is 1.96 bits per heavy atom. The third-order valence-corrected chi connectivity index (χ3v) is 4.35. The van der Waals surface area contributed by atoms with Crippen molar-refractivity contribution < 1.29 is 14.3 Å². The van der Waals surface area contributed by atoms with Gasteiger partial charge in [0.05, 0.1) is 24.8 Å². The van der Waals surface area contributed by atoms with Crippen molar-refractivity contribution in [2.45, 2.75) is 25.8 Å². The van der Waals surface area contributed by atoms with Crippen LogP contribution in [0.2, 0.25) is 0 Å². The fraction of sp³-hybridized carbons (Fsp3) is 0.500. The van der Waals surface area contributed by atoms with Crippen LogP contribution in [0.25, 0.3) is 0 Å². The normalized spacial score (nSPS) is 15.2. The quantitative estimate of drug-likeness (QED) is 0.826. The molecule has 0 radical (unpaired) electrons. The lowest BCUT2D eigenvalue weighted by Crippen LogP contribution is -2.48. The zero-order valence-electron chi connectivity index (χ0n) is 14.7. The molecular formula is C18H24N4O3. The highest BCUT2D eigenvalue weighted by molar-refractivity contribution is 5.89. The van der Waals surface area contributed by atoms with Crippen LogP contribution in [0, 0.1) is 11.3 Å². The minimum Gasteiger partial charge on any atom is -0.465 e. The standard InChI is InChI=1S/C18H24N4O3/c1-3-25-17(23)13-22-10-8-16(9-11-22)21(2)18(24)20-15-6-4-14(12-19)5-7-15/h4-7,16H,3,8-11,13H2,1-2H3,(H,20,24). The van der Waals surface area contributed by atoms with Crippen molar-refractivity contribution in [3.63, 3.8) is 0 Å². The zero-order chi connectivity index (χ0) is 18.2. The molecule has 0 saturated carbocycles. The number of carbonyl (C=O) groups excluding carboxylic acids is 2. The van der Waals surface area contributed by atoms with Gasteiger partial charge in [0.2, 0.25) is 0 Å². The van der Waals surface area contributed by atoms with Gasteiger partial charge in [0.15, 0.2) is 0 Å². The topological polar surface area (TPSA) is 85.7 Å². The van der Waals surface area contributed by atoms with Gasteiger partial charge in [-0.15, -0.1) is 0 Å². The fourth-order valence-electron chi connectivity index (χ4n) is 2.86. The maximum atomic E-state index is 12.4. The highest BCUT2D eigenvalue weighted by Gasteiger charge is 2.26. The zero-order valence-corrected chi connectivity index (χ0v) is 14.7. The van der Waals surface area contributed by atoms with Crippen molar-refractivity contribution in [2.24, 2.45) is 0 Å². The van der Waals surface area contributed by atoms with Crippen LogP contribution in [0.3, 0.4) is 0 Å². The van der Waals surface area contributed by atoms with Crippen LogP contribution in [0.15, 0.2) is 24.3 Å². The number of ether oxygens (including phenoxy) is 1. The smallest absolute Gasteiger partial charge is 0.321 e. The summed E-state index contributed by atoms with van der Waals surface area (Å²) in [6, 6.07) is 8.78. The van der Waals surface area contributed by atoms with E-state index in [2.05, 4.69) is 10.2 Å². The Balaban J connectivity index is 1.80. The van der Waals surface area contributed by atoms with E-state index in [1.807, 2.05) is 6.07 Å². The first kappa shape index (κ1) is 18.7. The molecule has 2 rings (SSSR count). The number of benzene rings is 1. The molecule has 0 spiro atoms. The van der Waals surface area contributed by atoms with Crippen LogP contribution in [0.1, 0.15) is 25.3 Å². The van der Waals surface area contributed by atoms with Crippen LogP contribution >= 0.6 is 0 Å². The van der Waals surface area contributed by atoms with E-state index < -0.39 is 0 Å². The van der Waals surface area contributed by atoms with E-state index >= 15 is 0 Å². The number of carbonyl (C=O) groups is 2. The van der Waals surface area contributed by atoms with Gasteiger partial charge in [0.25, 0.3) is 0 Å². The Bertz CT molecular complexity index is 631. The fourth-order valence-corrected chi connectivity index (χ4v) is 2.86. The van der Waals surface area contributed by atoms with Crippen molar-refractivity contribution in [2.75, 3.05) is 38.6 Å². The number of urea groups is 1. The molecule has 1 N–H and O–H groups in total. The van der Waals surface area contributed by atoms with E-state index in [0.29, 0.717) is 24.4 Å². The molecule has 1 saturated heterocycles. The van der Waals surface area contributed by atoms with Crippen molar-refractivity contribution >= 4 is 17.7 Å². The summed E-state index contributed by atoms with van der Waals surface area (Å²) in [6.45, 7) is 4.02. The molecule has 2 amide bonds. The third-order valence-electron chi connectivity index (χ3n) is 4.35. The van der Waals surface area contributed by atoms with Crippen molar-refractivity contribution in [3.8, 4) is 6.07 Å². The van der Waals surface area contributed by atoms with E-state index in [-0.39, 0.29) is 18.0 Å². The van der Waals surface area contributed by atoms with Crippen LogP contribution in [0.5, 0.6) is 0 Å². The number of esters is 1. The van der Waals surface area contributed by atoms with Gasteiger partial charge in [-0.25, -0.2) is 4.79 Å². The number of nitriles is 1. The van der Waals surface area contributed by atoms with Gasteiger partial charge in [-0.05, 0) is 44.0 Å². The van der Waals surface area contributed by atoms with Crippen molar-refractivity contribution in [1.29, 1.82) is 5.26 Å². The van der Waals surface area contributed by atoms with Gasteiger partial charge in [-0.1, -0.05) is 0 Å². The molecule has 1 aliphatic heterocycles. The maximum absolute atomic E-state index is 12.4.